The Hall–Kier alpha value is -3.85. The molecule has 4 aromatic carbocycles. The van der Waals surface area contributed by atoms with Crippen LogP contribution in [0.25, 0.3) is 10.8 Å². The molecule has 0 spiro atoms. The maximum Gasteiger partial charge on any atom is 0.128 e. The maximum atomic E-state index is 5.90. The average Bonchev–Trinajstić information content (AvgIpc) is 3.38. The molecular weight excluding hydrogens is 416 g/mol. The zero-order valence-corrected chi connectivity index (χ0v) is 19.3. The monoisotopic (exact) mass is 444 g/mol. The number of rotatable bonds is 5. The van der Waals surface area contributed by atoms with Gasteiger partial charge in [0.25, 0.3) is 0 Å². The average molecular weight is 445 g/mol. The van der Waals surface area contributed by atoms with Crippen LogP contribution in [0.1, 0.15) is 42.0 Å². The number of aliphatic imine (C=N–C) groups is 1. The predicted octanol–water partition coefficient (Wildman–Crippen LogP) is 7.82. The van der Waals surface area contributed by atoms with Gasteiger partial charge in [-0.05, 0) is 65.4 Å². The maximum absolute atomic E-state index is 5.90. The number of hydrogen-bond acceptors (Lipinski definition) is 3. The molecule has 0 saturated heterocycles. The molecule has 1 N–H and O–H groups in total. The number of para-hydroxylation sites is 1. The van der Waals surface area contributed by atoms with E-state index in [4.69, 9.17) is 9.73 Å². The van der Waals surface area contributed by atoms with Crippen molar-refractivity contribution in [2.75, 3.05) is 11.9 Å². The van der Waals surface area contributed by atoms with Crippen molar-refractivity contribution in [3.05, 3.63) is 114 Å². The summed E-state index contributed by atoms with van der Waals surface area (Å²) in [6, 6.07) is 30.2. The second kappa shape index (κ2) is 8.83. The van der Waals surface area contributed by atoms with Gasteiger partial charge in [-0.15, -0.1) is 0 Å². The van der Waals surface area contributed by atoms with Crippen LogP contribution in [0.2, 0.25) is 0 Å². The van der Waals surface area contributed by atoms with Gasteiger partial charge in [0.05, 0.1) is 18.3 Å². The van der Waals surface area contributed by atoms with Crippen molar-refractivity contribution in [3.8, 4) is 5.75 Å². The van der Waals surface area contributed by atoms with E-state index in [0.29, 0.717) is 24.5 Å². The molecule has 0 radical (unpaired) electrons. The fourth-order valence-corrected chi connectivity index (χ4v) is 5.47. The summed E-state index contributed by atoms with van der Waals surface area (Å²) in [6.07, 6.45) is 7.77. The van der Waals surface area contributed by atoms with Crippen molar-refractivity contribution in [2.45, 2.75) is 25.3 Å². The number of nitrogens with zero attached hydrogens (tertiary/aromatic N) is 1. The van der Waals surface area contributed by atoms with Crippen LogP contribution >= 0.6 is 0 Å². The lowest BCUT2D eigenvalue weighted by molar-refractivity contribution is 0.340. The van der Waals surface area contributed by atoms with E-state index in [-0.39, 0.29) is 0 Å². The van der Waals surface area contributed by atoms with E-state index in [1.165, 1.54) is 22.2 Å². The largest absolute Gasteiger partial charge is 0.493 e. The van der Waals surface area contributed by atoms with E-state index >= 15 is 0 Å². The highest BCUT2D eigenvalue weighted by molar-refractivity contribution is 6.03. The van der Waals surface area contributed by atoms with Gasteiger partial charge in [-0.1, -0.05) is 72.8 Å². The quantitative estimate of drug-likeness (QED) is 0.251. The van der Waals surface area contributed by atoms with Gasteiger partial charge in [0.1, 0.15) is 5.75 Å². The number of fused-ring (bicyclic) bond motifs is 4. The number of anilines is 1. The van der Waals surface area contributed by atoms with E-state index in [2.05, 4.69) is 96.3 Å². The van der Waals surface area contributed by atoms with Gasteiger partial charge in [-0.25, -0.2) is 0 Å². The first kappa shape index (κ1) is 20.7. The molecule has 1 heterocycles. The van der Waals surface area contributed by atoms with Crippen molar-refractivity contribution in [3.63, 3.8) is 0 Å². The first-order chi connectivity index (χ1) is 16.8. The van der Waals surface area contributed by atoms with Gasteiger partial charge in [-0.2, -0.15) is 0 Å². The van der Waals surface area contributed by atoms with Crippen LogP contribution in [0.4, 0.5) is 11.4 Å². The van der Waals surface area contributed by atoms with Crippen molar-refractivity contribution in [2.24, 2.45) is 10.9 Å². The lowest BCUT2D eigenvalue weighted by Crippen LogP contribution is -2.28. The van der Waals surface area contributed by atoms with Crippen LogP contribution < -0.4 is 10.1 Å². The Morgan fingerprint density at radius 2 is 1.76 bits per heavy atom. The van der Waals surface area contributed by atoms with Crippen LogP contribution in [-0.2, 0) is 0 Å². The molecule has 0 unspecified atom stereocenters. The Labute approximate surface area is 200 Å². The van der Waals surface area contributed by atoms with Gasteiger partial charge >= 0.3 is 0 Å². The molecule has 1 aliphatic carbocycles. The number of nitrogens with one attached hydrogen (secondary N) is 1. The Bertz CT molecular complexity index is 1390. The number of ether oxygens (including phenoxy) is 1. The van der Waals surface area contributed by atoms with Gasteiger partial charge in [-0.3, -0.25) is 4.99 Å². The summed E-state index contributed by atoms with van der Waals surface area (Å²) < 4.78 is 5.90. The van der Waals surface area contributed by atoms with E-state index in [9.17, 15) is 0 Å². The lowest BCUT2D eigenvalue weighted by atomic mass is 9.77. The first-order valence-electron chi connectivity index (χ1n) is 12.1. The normalized spacial score (nSPS) is 20.8. The number of benzene rings is 4. The van der Waals surface area contributed by atoms with Gasteiger partial charge in [0, 0.05) is 23.4 Å². The molecule has 6 rings (SSSR count). The van der Waals surface area contributed by atoms with Gasteiger partial charge in [0.15, 0.2) is 0 Å². The molecule has 3 atom stereocenters. The molecular formula is C31H28N2O. The number of allylic oxidation sites excluding steroid dienone is 2. The summed E-state index contributed by atoms with van der Waals surface area (Å²) in [5.74, 6) is 1.91. The molecule has 0 amide bonds. The molecule has 0 aromatic heterocycles. The van der Waals surface area contributed by atoms with Crippen LogP contribution in [0.15, 0.2) is 102 Å². The molecule has 1 aliphatic heterocycles. The molecule has 34 heavy (non-hydrogen) atoms. The molecule has 168 valence electrons. The van der Waals surface area contributed by atoms with Gasteiger partial charge < -0.3 is 10.1 Å². The molecule has 0 saturated carbocycles. The van der Waals surface area contributed by atoms with Crippen LogP contribution in [0.3, 0.4) is 0 Å². The van der Waals surface area contributed by atoms with Crippen molar-refractivity contribution < 1.29 is 4.74 Å². The smallest absolute Gasteiger partial charge is 0.128 e. The minimum absolute atomic E-state index is 0.301. The summed E-state index contributed by atoms with van der Waals surface area (Å²) in [5.41, 5.74) is 5.94. The Balaban J connectivity index is 1.29. The summed E-state index contributed by atoms with van der Waals surface area (Å²) in [5, 5.41) is 6.15. The molecule has 3 heteroatoms. The van der Waals surface area contributed by atoms with Crippen molar-refractivity contribution >= 4 is 28.4 Å². The molecule has 0 bridgehead atoms. The summed E-state index contributed by atoms with van der Waals surface area (Å²) in [6.45, 7) is 2.64. The second-order valence-corrected chi connectivity index (χ2v) is 9.04. The molecule has 3 nitrogen and oxygen atoms in total. The van der Waals surface area contributed by atoms with Gasteiger partial charge in [0.2, 0.25) is 0 Å². The summed E-state index contributed by atoms with van der Waals surface area (Å²) >= 11 is 0. The minimum Gasteiger partial charge on any atom is -0.493 e. The summed E-state index contributed by atoms with van der Waals surface area (Å²) in [7, 11) is 0. The fourth-order valence-electron chi connectivity index (χ4n) is 5.47. The molecule has 2 aliphatic rings. The third-order valence-electron chi connectivity index (χ3n) is 7.10. The lowest BCUT2D eigenvalue weighted by Gasteiger charge is -2.37. The Morgan fingerprint density at radius 3 is 2.65 bits per heavy atom. The predicted molar refractivity (Wildman–Crippen MR) is 142 cm³/mol. The third-order valence-corrected chi connectivity index (χ3v) is 7.10. The zero-order valence-electron chi connectivity index (χ0n) is 19.3. The number of hydrogen-bond donors (Lipinski definition) is 1. The minimum atomic E-state index is 0.301. The standard InChI is InChI=1S/C31H28N2O/c1-2-34-30-19-16-21-8-3-4-9-24(21)28(30)20-32-23-17-14-22(15-18-23)31-27-12-7-11-25(27)26-10-5-6-13-29(26)33-31/h3-11,13-20,25,27,31,33H,2,12H2,1H3/t25-,27+,31+/m1/s1. The van der Waals surface area contributed by atoms with Crippen LogP contribution in [0.5, 0.6) is 5.75 Å². The van der Waals surface area contributed by atoms with Crippen LogP contribution in [-0.4, -0.2) is 12.8 Å². The zero-order chi connectivity index (χ0) is 22.9. The highest BCUT2D eigenvalue weighted by Crippen LogP contribution is 2.49. The first-order valence-corrected chi connectivity index (χ1v) is 12.1. The van der Waals surface area contributed by atoms with Crippen molar-refractivity contribution in [1.29, 1.82) is 0 Å². The Morgan fingerprint density at radius 1 is 0.941 bits per heavy atom. The SMILES string of the molecule is CCOc1ccc2ccccc2c1C=Nc1ccc([C@@H]2Nc3ccccc3[C@H]3C=CC[C@@H]32)cc1. The van der Waals surface area contributed by atoms with Crippen molar-refractivity contribution in [1.82, 2.24) is 0 Å². The Kier molecular flexibility index (Phi) is 5.38. The topological polar surface area (TPSA) is 33.6 Å². The summed E-state index contributed by atoms with van der Waals surface area (Å²) in [4.78, 5) is 4.82. The van der Waals surface area contributed by atoms with E-state index in [0.717, 1.165) is 28.8 Å². The van der Waals surface area contributed by atoms with E-state index in [1.54, 1.807) is 0 Å². The van der Waals surface area contributed by atoms with E-state index in [1.807, 2.05) is 19.2 Å². The third kappa shape index (κ3) is 3.67. The second-order valence-electron chi connectivity index (χ2n) is 9.04. The fraction of sp³-hybridized carbons (Fsp3) is 0.194. The highest BCUT2D eigenvalue weighted by atomic mass is 16.5. The van der Waals surface area contributed by atoms with Crippen LogP contribution in [0, 0.1) is 5.92 Å². The highest BCUT2D eigenvalue weighted by Gasteiger charge is 2.37. The van der Waals surface area contributed by atoms with E-state index < -0.39 is 0 Å². The molecule has 4 aromatic rings. The molecule has 0 fully saturated rings.